The number of likely N-dealkylation sites (N-methyl/N-ethyl adjacent to an activating group) is 1. The van der Waals surface area contributed by atoms with E-state index in [4.69, 9.17) is 0 Å². The third-order valence-corrected chi connectivity index (χ3v) is 3.97. The summed E-state index contributed by atoms with van der Waals surface area (Å²) in [5.41, 5.74) is 0.120. The number of halogens is 2. The van der Waals surface area contributed by atoms with Gasteiger partial charge >= 0.3 is 0 Å². The lowest BCUT2D eigenvalue weighted by Crippen LogP contribution is -2.43. The van der Waals surface area contributed by atoms with E-state index in [1.54, 1.807) is 0 Å². The van der Waals surface area contributed by atoms with Crippen molar-refractivity contribution in [3.63, 3.8) is 0 Å². The van der Waals surface area contributed by atoms with Crippen LogP contribution in [0.4, 0.5) is 8.78 Å². The third-order valence-electron chi connectivity index (χ3n) is 3.97. The van der Waals surface area contributed by atoms with E-state index >= 15 is 0 Å². The molecule has 114 valence electrons. The molecule has 1 unspecified atom stereocenters. The van der Waals surface area contributed by atoms with Gasteiger partial charge in [0.05, 0.1) is 0 Å². The average molecular weight is 284 g/mol. The Balaban J connectivity index is 2.61. The van der Waals surface area contributed by atoms with E-state index in [9.17, 15) is 8.78 Å². The maximum Gasteiger partial charge on any atom is 0.130 e. The molecule has 0 aliphatic rings. The summed E-state index contributed by atoms with van der Waals surface area (Å²) in [6, 6.07) is 4.36. The van der Waals surface area contributed by atoms with Crippen LogP contribution in [0.3, 0.4) is 0 Å². The number of hydrogen-bond donors (Lipinski definition) is 1. The Hall–Kier alpha value is -1.00. The van der Waals surface area contributed by atoms with Crippen molar-refractivity contribution < 1.29 is 8.78 Å². The smallest absolute Gasteiger partial charge is 0.130 e. The first-order valence-corrected chi connectivity index (χ1v) is 7.31. The minimum absolute atomic E-state index is 0.120. The fraction of sp³-hybridized carbons (Fsp3) is 0.625. The molecular weight excluding hydrogens is 258 g/mol. The number of benzene rings is 1. The van der Waals surface area contributed by atoms with Gasteiger partial charge < -0.3 is 10.2 Å². The van der Waals surface area contributed by atoms with Crippen LogP contribution in [0, 0.1) is 17.6 Å². The molecule has 1 aromatic carbocycles. The fourth-order valence-corrected chi connectivity index (χ4v) is 2.65. The van der Waals surface area contributed by atoms with Gasteiger partial charge in [-0.3, -0.25) is 0 Å². The third kappa shape index (κ3) is 4.53. The number of nitrogens with zero attached hydrogens (tertiary/aromatic N) is 1. The molecule has 0 heterocycles. The summed E-state index contributed by atoms with van der Waals surface area (Å²) in [4.78, 5) is 2.18. The van der Waals surface area contributed by atoms with Crippen LogP contribution in [0.1, 0.15) is 32.3 Å². The summed E-state index contributed by atoms with van der Waals surface area (Å²) in [5.74, 6) is -0.383. The van der Waals surface area contributed by atoms with Crippen LogP contribution >= 0.6 is 0 Å². The van der Waals surface area contributed by atoms with Gasteiger partial charge in [0.2, 0.25) is 0 Å². The lowest BCUT2D eigenvalue weighted by molar-refractivity contribution is 0.193. The van der Waals surface area contributed by atoms with Crippen LogP contribution in [-0.4, -0.2) is 31.6 Å². The van der Waals surface area contributed by atoms with Gasteiger partial charge in [0.15, 0.2) is 0 Å². The van der Waals surface area contributed by atoms with Crippen LogP contribution in [0.5, 0.6) is 0 Å². The molecule has 0 spiro atoms. The topological polar surface area (TPSA) is 15.3 Å². The molecule has 0 saturated carbocycles. The molecule has 1 N–H and O–H groups in total. The summed E-state index contributed by atoms with van der Waals surface area (Å²) in [6.07, 6.45) is 2.21. The Morgan fingerprint density at radius 2 is 1.65 bits per heavy atom. The van der Waals surface area contributed by atoms with Gasteiger partial charge in [-0.1, -0.05) is 32.8 Å². The van der Waals surface area contributed by atoms with Crippen molar-refractivity contribution >= 4 is 0 Å². The zero-order valence-electron chi connectivity index (χ0n) is 12.9. The zero-order chi connectivity index (χ0) is 15.1. The standard InChI is InChI=1S/C16H26F2N2/c1-5-12(6-2)16(20(3)4)11-19-10-13-14(17)8-7-9-15(13)18/h7-9,12,16,19H,5-6,10-11H2,1-4H3. The van der Waals surface area contributed by atoms with Crippen LogP contribution in [0.2, 0.25) is 0 Å². The first-order valence-electron chi connectivity index (χ1n) is 7.31. The molecule has 0 aliphatic carbocycles. The summed E-state index contributed by atoms with van der Waals surface area (Å²) in [6.45, 7) is 5.32. The van der Waals surface area contributed by atoms with Crippen LogP contribution in [-0.2, 0) is 6.54 Å². The molecule has 1 atom stereocenters. The van der Waals surface area contributed by atoms with Crippen molar-refractivity contribution in [2.24, 2.45) is 5.92 Å². The van der Waals surface area contributed by atoms with E-state index in [1.807, 2.05) is 14.1 Å². The van der Waals surface area contributed by atoms with E-state index in [0.29, 0.717) is 12.0 Å². The van der Waals surface area contributed by atoms with Gasteiger partial charge in [-0.05, 0) is 32.1 Å². The highest BCUT2D eigenvalue weighted by Gasteiger charge is 2.20. The SMILES string of the molecule is CCC(CC)C(CNCc1c(F)cccc1F)N(C)C. The molecule has 0 bridgehead atoms. The molecule has 20 heavy (non-hydrogen) atoms. The van der Waals surface area contributed by atoms with E-state index in [1.165, 1.54) is 18.2 Å². The molecule has 0 aromatic heterocycles. The first kappa shape index (κ1) is 17.1. The monoisotopic (exact) mass is 284 g/mol. The van der Waals surface area contributed by atoms with Crippen molar-refractivity contribution in [3.05, 3.63) is 35.4 Å². The predicted molar refractivity (Wildman–Crippen MR) is 79.6 cm³/mol. The largest absolute Gasteiger partial charge is 0.311 e. The highest BCUT2D eigenvalue weighted by Crippen LogP contribution is 2.17. The Morgan fingerprint density at radius 1 is 1.10 bits per heavy atom. The van der Waals surface area contributed by atoms with Crippen LogP contribution in [0.25, 0.3) is 0 Å². The summed E-state index contributed by atoms with van der Waals surface area (Å²) < 4.78 is 27.1. The minimum atomic E-state index is -0.485. The second-order valence-electron chi connectivity index (χ2n) is 5.44. The average Bonchev–Trinajstić information content (AvgIpc) is 2.40. The van der Waals surface area contributed by atoms with Crippen LogP contribution in [0.15, 0.2) is 18.2 Å². The van der Waals surface area contributed by atoms with Gasteiger partial charge in [-0.25, -0.2) is 8.78 Å². The van der Waals surface area contributed by atoms with Gasteiger partial charge in [-0.2, -0.15) is 0 Å². The van der Waals surface area contributed by atoms with Gasteiger partial charge in [0.25, 0.3) is 0 Å². The van der Waals surface area contributed by atoms with Gasteiger partial charge in [-0.15, -0.1) is 0 Å². The van der Waals surface area contributed by atoms with Crippen molar-refractivity contribution in [2.45, 2.75) is 39.3 Å². The second kappa shape index (κ2) is 8.32. The molecule has 4 heteroatoms. The summed E-state index contributed by atoms with van der Waals surface area (Å²) >= 11 is 0. The summed E-state index contributed by atoms with van der Waals surface area (Å²) in [5, 5.41) is 3.19. The van der Waals surface area contributed by atoms with E-state index in [2.05, 4.69) is 24.1 Å². The molecule has 1 rings (SSSR count). The maximum absolute atomic E-state index is 13.5. The highest BCUT2D eigenvalue weighted by molar-refractivity contribution is 5.19. The molecule has 0 fully saturated rings. The molecular formula is C16H26F2N2. The van der Waals surface area contributed by atoms with E-state index in [-0.39, 0.29) is 12.1 Å². The quantitative estimate of drug-likeness (QED) is 0.787. The van der Waals surface area contributed by atoms with Crippen LogP contribution < -0.4 is 5.32 Å². The Bertz CT molecular complexity index is 383. The zero-order valence-corrected chi connectivity index (χ0v) is 12.9. The number of hydrogen-bond acceptors (Lipinski definition) is 2. The first-order chi connectivity index (χ1) is 9.51. The predicted octanol–water partition coefficient (Wildman–Crippen LogP) is 3.42. The normalized spacial score (nSPS) is 13.2. The fourth-order valence-electron chi connectivity index (χ4n) is 2.65. The number of rotatable bonds is 8. The minimum Gasteiger partial charge on any atom is -0.311 e. The lowest BCUT2D eigenvalue weighted by atomic mass is 9.93. The Labute approximate surface area is 121 Å². The summed E-state index contributed by atoms with van der Waals surface area (Å²) in [7, 11) is 4.10. The van der Waals surface area contributed by atoms with Crippen molar-refractivity contribution in [1.29, 1.82) is 0 Å². The van der Waals surface area contributed by atoms with E-state index in [0.717, 1.165) is 19.4 Å². The lowest BCUT2D eigenvalue weighted by Gasteiger charge is -2.31. The van der Waals surface area contributed by atoms with Gasteiger partial charge in [0.1, 0.15) is 11.6 Å². The highest BCUT2D eigenvalue weighted by atomic mass is 19.1. The van der Waals surface area contributed by atoms with Crippen molar-refractivity contribution in [2.75, 3.05) is 20.6 Å². The molecule has 0 aliphatic heterocycles. The second-order valence-corrected chi connectivity index (χ2v) is 5.44. The van der Waals surface area contributed by atoms with E-state index < -0.39 is 11.6 Å². The number of nitrogens with one attached hydrogen (secondary N) is 1. The molecule has 0 radical (unpaired) electrons. The van der Waals surface area contributed by atoms with Crippen molar-refractivity contribution in [3.8, 4) is 0 Å². The Kier molecular flexibility index (Phi) is 7.10. The molecule has 2 nitrogen and oxygen atoms in total. The Morgan fingerprint density at radius 3 is 2.10 bits per heavy atom. The maximum atomic E-state index is 13.5. The van der Waals surface area contributed by atoms with Gasteiger partial charge in [0, 0.05) is 24.7 Å². The van der Waals surface area contributed by atoms with Crippen molar-refractivity contribution in [1.82, 2.24) is 10.2 Å². The molecule has 0 amide bonds. The molecule has 1 aromatic rings. The molecule has 0 saturated heterocycles.